The molecule has 9 aromatic rings. The molecule has 0 unspecified atom stereocenters. The Hall–Kier alpha value is -6.84. The minimum Gasteiger partial charge on any atom is -0.453 e. The van der Waals surface area contributed by atoms with Crippen LogP contribution in [0.15, 0.2) is 188 Å². The van der Waals surface area contributed by atoms with Gasteiger partial charge in [0.15, 0.2) is 11.5 Å². The summed E-state index contributed by atoms with van der Waals surface area (Å²) in [5, 5.41) is 7.12. The number of hydrogen-bond acceptors (Lipinski definition) is 3. The third kappa shape index (κ3) is 5.06. The Kier molecular flexibility index (Phi) is 6.81. The Balaban J connectivity index is 1.04. The molecule has 0 amide bonds. The lowest BCUT2D eigenvalue weighted by Gasteiger charge is -2.26. The number of rotatable bonds is 5. The summed E-state index contributed by atoms with van der Waals surface area (Å²) in [6, 6.07) is 66.2. The first-order valence-electron chi connectivity index (χ1n) is 17.2. The fraction of sp³-hybridized carbons (Fsp3) is 0. The molecule has 0 aromatic heterocycles. The lowest BCUT2D eigenvalue weighted by atomic mass is 9.93. The molecule has 240 valence electrons. The fourth-order valence-electron chi connectivity index (χ4n) is 7.46. The second-order valence-corrected chi connectivity index (χ2v) is 12.9. The predicted octanol–water partition coefficient (Wildman–Crippen LogP) is 13.8. The van der Waals surface area contributed by atoms with Crippen molar-refractivity contribution >= 4 is 49.4 Å². The van der Waals surface area contributed by atoms with Crippen molar-refractivity contribution in [3.05, 3.63) is 188 Å². The molecule has 0 saturated heterocycles. The SMILES string of the molecule is c1ccc(N(c2ccc(-c3cc4ccccc4c4ccccc34)cc2)c2cccc(-c3ccc4c(c3)Oc3cccc5cccc(c35)O4)c2)cc1. The molecular weight excluding hydrogens is 623 g/mol. The van der Waals surface area contributed by atoms with Gasteiger partial charge >= 0.3 is 0 Å². The van der Waals surface area contributed by atoms with Gasteiger partial charge in [-0.2, -0.15) is 0 Å². The number of anilines is 3. The maximum Gasteiger partial charge on any atom is 0.170 e. The smallest absolute Gasteiger partial charge is 0.170 e. The summed E-state index contributed by atoms with van der Waals surface area (Å²) >= 11 is 0. The van der Waals surface area contributed by atoms with Gasteiger partial charge in [-0.1, -0.05) is 121 Å². The Morgan fingerprint density at radius 1 is 0.314 bits per heavy atom. The van der Waals surface area contributed by atoms with E-state index < -0.39 is 0 Å². The Labute approximate surface area is 296 Å². The highest BCUT2D eigenvalue weighted by Crippen LogP contribution is 2.47. The van der Waals surface area contributed by atoms with E-state index in [9.17, 15) is 0 Å². The molecule has 51 heavy (non-hydrogen) atoms. The Morgan fingerprint density at radius 3 is 1.71 bits per heavy atom. The zero-order valence-electron chi connectivity index (χ0n) is 27.7. The third-order valence-corrected chi connectivity index (χ3v) is 9.87. The zero-order chi connectivity index (χ0) is 33.7. The second-order valence-electron chi connectivity index (χ2n) is 12.9. The predicted molar refractivity (Wildman–Crippen MR) is 211 cm³/mol. The molecule has 0 fully saturated rings. The molecule has 1 heterocycles. The van der Waals surface area contributed by atoms with Crippen LogP contribution in [0.1, 0.15) is 0 Å². The lowest BCUT2D eigenvalue weighted by molar-refractivity contribution is 0.439. The molecule has 0 spiro atoms. The van der Waals surface area contributed by atoms with E-state index in [4.69, 9.17) is 9.47 Å². The first-order chi connectivity index (χ1) is 25.3. The summed E-state index contributed by atoms with van der Waals surface area (Å²) < 4.78 is 12.9. The van der Waals surface area contributed by atoms with Crippen molar-refractivity contribution in [1.82, 2.24) is 0 Å². The molecule has 0 saturated carbocycles. The van der Waals surface area contributed by atoms with Crippen molar-refractivity contribution < 1.29 is 9.47 Å². The molecule has 3 heteroatoms. The molecule has 10 rings (SSSR count). The fourth-order valence-corrected chi connectivity index (χ4v) is 7.46. The standard InChI is InChI=1S/C48H31NO2/c1-2-15-37(16-3-1)49(38-26-23-32(24-27-38)43-30-36-11-4-5-18-40(36)41-19-6-7-20-42(41)43)39-17-8-14-34(29-39)35-25-28-44-47(31-35)51-46-22-10-13-33-12-9-21-45(50-44)48(33)46/h1-31H. The first-order valence-corrected chi connectivity index (χ1v) is 17.2. The van der Waals surface area contributed by atoms with E-state index in [1.54, 1.807) is 0 Å². The van der Waals surface area contributed by atoms with E-state index in [0.717, 1.165) is 50.5 Å². The third-order valence-electron chi connectivity index (χ3n) is 9.87. The summed E-state index contributed by atoms with van der Waals surface area (Å²) in [6.45, 7) is 0. The molecule has 3 nitrogen and oxygen atoms in total. The monoisotopic (exact) mass is 653 g/mol. The van der Waals surface area contributed by atoms with Gasteiger partial charge in [0.2, 0.25) is 0 Å². The molecule has 1 aliphatic heterocycles. The number of para-hydroxylation sites is 1. The van der Waals surface area contributed by atoms with Crippen molar-refractivity contribution in [2.24, 2.45) is 0 Å². The van der Waals surface area contributed by atoms with Crippen molar-refractivity contribution in [2.75, 3.05) is 4.90 Å². The number of nitrogens with zero attached hydrogens (tertiary/aromatic N) is 1. The van der Waals surface area contributed by atoms with Crippen molar-refractivity contribution in [1.29, 1.82) is 0 Å². The lowest BCUT2D eigenvalue weighted by Crippen LogP contribution is -2.09. The van der Waals surface area contributed by atoms with Crippen LogP contribution in [0.3, 0.4) is 0 Å². The van der Waals surface area contributed by atoms with Crippen molar-refractivity contribution in [3.8, 4) is 45.3 Å². The minimum atomic E-state index is 0.693. The molecule has 1 aliphatic rings. The van der Waals surface area contributed by atoms with Gasteiger partial charge < -0.3 is 14.4 Å². The van der Waals surface area contributed by atoms with Crippen LogP contribution in [-0.2, 0) is 0 Å². The number of hydrogen-bond donors (Lipinski definition) is 0. The number of ether oxygens (including phenoxy) is 2. The quantitative estimate of drug-likeness (QED) is 0.173. The van der Waals surface area contributed by atoms with Crippen LogP contribution in [-0.4, -0.2) is 0 Å². The summed E-state index contributed by atoms with van der Waals surface area (Å²) in [7, 11) is 0. The summed E-state index contributed by atoms with van der Waals surface area (Å²) in [4.78, 5) is 2.31. The highest BCUT2D eigenvalue weighted by molar-refractivity contribution is 6.13. The van der Waals surface area contributed by atoms with Gasteiger partial charge in [-0.05, 0) is 116 Å². The maximum atomic E-state index is 6.52. The van der Waals surface area contributed by atoms with Crippen molar-refractivity contribution in [3.63, 3.8) is 0 Å². The maximum absolute atomic E-state index is 6.52. The van der Waals surface area contributed by atoms with Gasteiger partial charge in [0.05, 0.1) is 5.39 Å². The molecular formula is C48H31NO2. The van der Waals surface area contributed by atoms with E-state index in [2.05, 4.69) is 163 Å². The van der Waals surface area contributed by atoms with Crippen LogP contribution in [0.25, 0.3) is 54.6 Å². The zero-order valence-corrected chi connectivity index (χ0v) is 27.7. The van der Waals surface area contributed by atoms with Crippen LogP contribution < -0.4 is 14.4 Å². The van der Waals surface area contributed by atoms with Gasteiger partial charge in [0.1, 0.15) is 11.5 Å². The summed E-state index contributed by atoms with van der Waals surface area (Å²) in [6.07, 6.45) is 0. The van der Waals surface area contributed by atoms with Gasteiger partial charge in [0, 0.05) is 17.1 Å². The van der Waals surface area contributed by atoms with E-state index >= 15 is 0 Å². The highest BCUT2D eigenvalue weighted by atomic mass is 16.5. The second kappa shape index (κ2) is 11.9. The van der Waals surface area contributed by atoms with Crippen molar-refractivity contribution in [2.45, 2.75) is 0 Å². The van der Waals surface area contributed by atoms with Gasteiger partial charge in [-0.15, -0.1) is 0 Å². The van der Waals surface area contributed by atoms with Crippen LogP contribution in [0, 0.1) is 0 Å². The Bertz CT molecular complexity index is 2750. The van der Waals surface area contributed by atoms with Gasteiger partial charge in [-0.3, -0.25) is 0 Å². The minimum absolute atomic E-state index is 0.693. The normalized spacial score (nSPS) is 11.8. The summed E-state index contributed by atoms with van der Waals surface area (Å²) in [5.74, 6) is 2.99. The van der Waals surface area contributed by atoms with E-state index in [1.807, 2.05) is 30.3 Å². The Morgan fingerprint density at radius 2 is 0.902 bits per heavy atom. The molecule has 0 radical (unpaired) electrons. The number of benzene rings is 9. The number of fused-ring (bicyclic) bond motifs is 4. The highest BCUT2D eigenvalue weighted by Gasteiger charge is 2.20. The van der Waals surface area contributed by atoms with Crippen LogP contribution in [0.4, 0.5) is 17.1 Å². The molecule has 0 N–H and O–H groups in total. The van der Waals surface area contributed by atoms with E-state index in [-0.39, 0.29) is 0 Å². The average Bonchev–Trinajstić information content (AvgIpc) is 3.36. The van der Waals surface area contributed by atoms with Crippen LogP contribution >= 0.6 is 0 Å². The van der Waals surface area contributed by atoms with Crippen LogP contribution in [0.2, 0.25) is 0 Å². The van der Waals surface area contributed by atoms with Gasteiger partial charge in [0.25, 0.3) is 0 Å². The molecule has 0 aliphatic carbocycles. The first kappa shape index (κ1) is 29.1. The molecule has 9 aromatic carbocycles. The average molecular weight is 654 g/mol. The molecule has 0 atom stereocenters. The largest absolute Gasteiger partial charge is 0.453 e. The molecule has 0 bridgehead atoms. The van der Waals surface area contributed by atoms with E-state index in [0.29, 0.717) is 11.5 Å². The topological polar surface area (TPSA) is 21.7 Å². The summed E-state index contributed by atoms with van der Waals surface area (Å²) in [5.41, 5.74) is 7.78. The van der Waals surface area contributed by atoms with Crippen LogP contribution in [0.5, 0.6) is 23.0 Å². The van der Waals surface area contributed by atoms with Gasteiger partial charge in [-0.25, -0.2) is 0 Å². The van der Waals surface area contributed by atoms with E-state index in [1.165, 1.54) is 32.7 Å².